The van der Waals surface area contributed by atoms with Crippen molar-refractivity contribution in [3.8, 4) is 0 Å². The molecule has 3 rings (SSSR count). The molecule has 1 saturated carbocycles. The van der Waals surface area contributed by atoms with Gasteiger partial charge >= 0.3 is 0 Å². The minimum Gasteiger partial charge on any atom is -0.459 e. The van der Waals surface area contributed by atoms with Crippen LogP contribution in [0.4, 0.5) is 11.4 Å². The number of anilines is 2. The van der Waals surface area contributed by atoms with Crippen molar-refractivity contribution in [1.29, 1.82) is 0 Å². The molecular weight excluding hydrogens is 318 g/mol. The van der Waals surface area contributed by atoms with Gasteiger partial charge in [0.15, 0.2) is 5.76 Å². The molecule has 132 valence electrons. The van der Waals surface area contributed by atoms with E-state index in [0.717, 1.165) is 36.9 Å². The minimum atomic E-state index is -0.305. The van der Waals surface area contributed by atoms with Crippen molar-refractivity contribution < 1.29 is 14.0 Å². The molecule has 0 saturated heterocycles. The van der Waals surface area contributed by atoms with Crippen LogP contribution in [0.3, 0.4) is 0 Å². The molecule has 0 aliphatic heterocycles. The van der Waals surface area contributed by atoms with Gasteiger partial charge in [0.2, 0.25) is 5.91 Å². The summed E-state index contributed by atoms with van der Waals surface area (Å²) >= 11 is 0. The lowest BCUT2D eigenvalue weighted by molar-refractivity contribution is -0.120. The maximum Gasteiger partial charge on any atom is 0.291 e. The summed E-state index contributed by atoms with van der Waals surface area (Å²) < 4.78 is 5.08. The first kappa shape index (κ1) is 17.2. The summed E-state index contributed by atoms with van der Waals surface area (Å²) in [5.74, 6) is -0.0594. The number of nitrogens with one attached hydrogen (secondary N) is 2. The van der Waals surface area contributed by atoms with Crippen LogP contribution in [0.25, 0.3) is 0 Å². The zero-order valence-electron chi connectivity index (χ0n) is 14.2. The summed E-state index contributed by atoms with van der Waals surface area (Å²) in [6, 6.07) is 8.79. The molecule has 2 atom stereocenters. The Morgan fingerprint density at radius 3 is 2.72 bits per heavy atom. The highest BCUT2D eigenvalue weighted by Crippen LogP contribution is 2.26. The lowest BCUT2D eigenvalue weighted by Gasteiger charge is -2.25. The van der Waals surface area contributed by atoms with Crippen molar-refractivity contribution in [2.45, 2.75) is 38.6 Å². The maximum atomic E-state index is 12.4. The molecule has 1 aromatic heterocycles. The Morgan fingerprint density at radius 2 is 2.04 bits per heavy atom. The van der Waals surface area contributed by atoms with E-state index in [1.807, 2.05) is 13.0 Å². The van der Waals surface area contributed by atoms with Crippen LogP contribution in [0.2, 0.25) is 0 Å². The third-order valence-electron chi connectivity index (χ3n) is 4.57. The molecule has 1 fully saturated rings. The van der Waals surface area contributed by atoms with Gasteiger partial charge in [-0.2, -0.15) is 0 Å². The molecule has 1 aliphatic carbocycles. The Balaban J connectivity index is 1.63. The van der Waals surface area contributed by atoms with Gasteiger partial charge in [-0.1, -0.05) is 6.42 Å². The highest BCUT2D eigenvalue weighted by molar-refractivity contribution is 6.03. The van der Waals surface area contributed by atoms with Crippen LogP contribution >= 0.6 is 0 Å². The molecule has 1 aromatic carbocycles. The first-order valence-corrected chi connectivity index (χ1v) is 8.55. The predicted octanol–water partition coefficient (Wildman–Crippen LogP) is 3.30. The molecular formula is C19H23N3O3. The highest BCUT2D eigenvalue weighted by Gasteiger charge is 2.25. The molecule has 0 bridgehead atoms. The number of rotatable bonds is 4. The van der Waals surface area contributed by atoms with Crippen molar-refractivity contribution in [3.05, 3.63) is 47.9 Å². The van der Waals surface area contributed by atoms with E-state index in [9.17, 15) is 9.59 Å². The SMILES string of the molecule is Cc1cc(NC(=O)C2CCCC(N)C2)ccc1NC(=O)c1ccco1. The van der Waals surface area contributed by atoms with Crippen LogP contribution in [-0.4, -0.2) is 17.9 Å². The number of benzene rings is 1. The van der Waals surface area contributed by atoms with Gasteiger partial charge in [0.1, 0.15) is 0 Å². The summed E-state index contributed by atoms with van der Waals surface area (Å²) in [4.78, 5) is 24.4. The molecule has 1 aliphatic rings. The van der Waals surface area contributed by atoms with E-state index in [2.05, 4.69) is 10.6 Å². The number of hydrogen-bond acceptors (Lipinski definition) is 4. The van der Waals surface area contributed by atoms with Crippen LogP contribution in [0.5, 0.6) is 0 Å². The monoisotopic (exact) mass is 341 g/mol. The van der Waals surface area contributed by atoms with E-state index in [1.165, 1.54) is 6.26 Å². The van der Waals surface area contributed by atoms with E-state index < -0.39 is 0 Å². The Morgan fingerprint density at radius 1 is 1.20 bits per heavy atom. The number of carbonyl (C=O) groups is 2. The van der Waals surface area contributed by atoms with Gasteiger partial charge in [0.05, 0.1) is 6.26 Å². The molecule has 6 nitrogen and oxygen atoms in total. The van der Waals surface area contributed by atoms with Crippen molar-refractivity contribution in [2.75, 3.05) is 10.6 Å². The molecule has 4 N–H and O–H groups in total. The van der Waals surface area contributed by atoms with Gasteiger partial charge in [-0.05, 0) is 62.1 Å². The Kier molecular flexibility index (Phi) is 5.19. The van der Waals surface area contributed by atoms with Crippen molar-refractivity contribution >= 4 is 23.2 Å². The molecule has 6 heteroatoms. The Hall–Kier alpha value is -2.60. The average Bonchev–Trinajstić information content (AvgIpc) is 3.12. The second-order valence-corrected chi connectivity index (χ2v) is 6.57. The summed E-state index contributed by atoms with van der Waals surface area (Å²) in [5, 5.41) is 5.76. The van der Waals surface area contributed by atoms with Crippen LogP contribution in [0.1, 0.15) is 41.8 Å². The predicted molar refractivity (Wildman–Crippen MR) is 96.4 cm³/mol. The van der Waals surface area contributed by atoms with Crippen LogP contribution in [0, 0.1) is 12.8 Å². The largest absolute Gasteiger partial charge is 0.459 e. The second-order valence-electron chi connectivity index (χ2n) is 6.57. The molecule has 0 radical (unpaired) electrons. The van der Waals surface area contributed by atoms with E-state index >= 15 is 0 Å². The lowest BCUT2D eigenvalue weighted by Crippen LogP contribution is -2.34. The molecule has 0 spiro atoms. The average molecular weight is 341 g/mol. The number of aryl methyl sites for hydroxylation is 1. The zero-order valence-corrected chi connectivity index (χ0v) is 14.2. The maximum absolute atomic E-state index is 12.4. The quantitative estimate of drug-likeness (QED) is 0.795. The van der Waals surface area contributed by atoms with Crippen molar-refractivity contribution in [3.63, 3.8) is 0 Å². The van der Waals surface area contributed by atoms with Crippen LogP contribution in [0.15, 0.2) is 41.0 Å². The number of amides is 2. The van der Waals surface area contributed by atoms with Gasteiger partial charge in [0.25, 0.3) is 5.91 Å². The lowest BCUT2D eigenvalue weighted by atomic mass is 9.85. The van der Waals surface area contributed by atoms with E-state index in [0.29, 0.717) is 5.69 Å². The molecule has 2 aromatic rings. The Labute approximate surface area is 146 Å². The highest BCUT2D eigenvalue weighted by atomic mass is 16.3. The van der Waals surface area contributed by atoms with Gasteiger partial charge < -0.3 is 20.8 Å². The molecule has 25 heavy (non-hydrogen) atoms. The topological polar surface area (TPSA) is 97.4 Å². The van der Waals surface area contributed by atoms with E-state index in [-0.39, 0.29) is 29.5 Å². The van der Waals surface area contributed by atoms with Gasteiger partial charge in [-0.3, -0.25) is 9.59 Å². The Bertz CT molecular complexity index is 755. The van der Waals surface area contributed by atoms with Crippen molar-refractivity contribution in [2.24, 2.45) is 11.7 Å². The molecule has 1 heterocycles. The number of furan rings is 1. The van der Waals surface area contributed by atoms with Crippen molar-refractivity contribution in [1.82, 2.24) is 0 Å². The van der Waals surface area contributed by atoms with Crippen LogP contribution < -0.4 is 16.4 Å². The summed E-state index contributed by atoms with van der Waals surface area (Å²) in [6.07, 6.45) is 5.07. The standard InChI is InChI=1S/C19H23N3O3/c1-12-10-15(21-18(23)13-4-2-5-14(20)11-13)7-8-16(12)22-19(24)17-6-3-9-25-17/h3,6-10,13-14H,2,4-5,11,20H2,1H3,(H,21,23)(H,22,24). The molecule has 2 unspecified atom stereocenters. The fraction of sp³-hybridized carbons (Fsp3) is 0.368. The van der Waals surface area contributed by atoms with E-state index in [1.54, 1.807) is 24.3 Å². The zero-order chi connectivity index (χ0) is 17.8. The van der Waals surface area contributed by atoms with E-state index in [4.69, 9.17) is 10.2 Å². The minimum absolute atomic E-state index is 0.0157. The normalized spacial score (nSPS) is 20.1. The van der Waals surface area contributed by atoms with Gasteiger partial charge in [0, 0.05) is 23.3 Å². The third-order valence-corrected chi connectivity index (χ3v) is 4.57. The first-order valence-electron chi connectivity index (χ1n) is 8.55. The van der Waals surface area contributed by atoms with Gasteiger partial charge in [-0.25, -0.2) is 0 Å². The van der Waals surface area contributed by atoms with Gasteiger partial charge in [-0.15, -0.1) is 0 Å². The number of carbonyl (C=O) groups excluding carboxylic acids is 2. The smallest absolute Gasteiger partial charge is 0.291 e. The second kappa shape index (κ2) is 7.53. The third kappa shape index (κ3) is 4.28. The summed E-state index contributed by atoms with van der Waals surface area (Å²) in [6.45, 7) is 1.88. The first-order chi connectivity index (χ1) is 12.0. The summed E-state index contributed by atoms with van der Waals surface area (Å²) in [5.41, 5.74) is 8.22. The number of nitrogens with two attached hydrogens (primary N) is 1. The van der Waals surface area contributed by atoms with Crippen LogP contribution in [-0.2, 0) is 4.79 Å². The fourth-order valence-corrected chi connectivity index (χ4v) is 3.18. The fourth-order valence-electron chi connectivity index (χ4n) is 3.18. The number of hydrogen-bond donors (Lipinski definition) is 3. The summed E-state index contributed by atoms with van der Waals surface area (Å²) in [7, 11) is 0. The molecule has 2 amide bonds.